The van der Waals surface area contributed by atoms with E-state index in [1.54, 1.807) is 18.5 Å². The lowest BCUT2D eigenvalue weighted by molar-refractivity contribution is 0.112. The molecule has 25 heavy (non-hydrogen) atoms. The summed E-state index contributed by atoms with van der Waals surface area (Å²) in [4.78, 5) is 19.5. The molecule has 0 radical (unpaired) electrons. The van der Waals surface area contributed by atoms with Crippen LogP contribution in [-0.4, -0.2) is 33.4 Å². The number of benzene rings is 1. The molecule has 124 valence electrons. The van der Waals surface area contributed by atoms with Gasteiger partial charge in [-0.15, -0.1) is 0 Å². The molecule has 0 spiro atoms. The van der Waals surface area contributed by atoms with Crippen LogP contribution in [0.4, 0.5) is 0 Å². The largest absolute Gasteiger partial charge is 0.489 e. The van der Waals surface area contributed by atoms with E-state index in [0.717, 1.165) is 17.0 Å². The summed E-state index contributed by atoms with van der Waals surface area (Å²) < 4.78 is 5.63. The fourth-order valence-electron chi connectivity index (χ4n) is 2.32. The van der Waals surface area contributed by atoms with Crippen LogP contribution < -0.4 is 10.2 Å². The molecular formula is C18H15BN2O4. The second-order valence-corrected chi connectivity index (χ2v) is 5.34. The molecule has 0 unspecified atom stereocenters. The number of carbonyl (C=O) groups is 1. The zero-order valence-corrected chi connectivity index (χ0v) is 13.2. The summed E-state index contributed by atoms with van der Waals surface area (Å²) in [5.41, 5.74) is 2.73. The zero-order valence-electron chi connectivity index (χ0n) is 13.2. The Morgan fingerprint density at radius 1 is 1.04 bits per heavy atom. The normalized spacial score (nSPS) is 10.3. The van der Waals surface area contributed by atoms with E-state index in [2.05, 4.69) is 9.97 Å². The van der Waals surface area contributed by atoms with Gasteiger partial charge in [0, 0.05) is 23.5 Å². The highest BCUT2D eigenvalue weighted by Gasteiger charge is 2.16. The molecule has 0 saturated heterocycles. The van der Waals surface area contributed by atoms with Crippen molar-refractivity contribution in [3.8, 4) is 17.1 Å². The molecule has 0 aliphatic heterocycles. The molecule has 3 rings (SSSR count). The van der Waals surface area contributed by atoms with Crippen LogP contribution in [0.2, 0.25) is 0 Å². The van der Waals surface area contributed by atoms with Gasteiger partial charge in [-0.05, 0) is 41.9 Å². The van der Waals surface area contributed by atoms with Crippen molar-refractivity contribution in [2.45, 2.75) is 6.61 Å². The molecule has 0 atom stereocenters. The lowest BCUT2D eigenvalue weighted by Crippen LogP contribution is -2.33. The Hall–Kier alpha value is -3.03. The number of carbonyl (C=O) groups excluding carboxylic acids is 1. The number of nitrogens with zero attached hydrogens (tertiary/aromatic N) is 2. The molecule has 0 aliphatic rings. The number of hydrogen-bond donors (Lipinski definition) is 2. The summed E-state index contributed by atoms with van der Waals surface area (Å²) in [7, 11) is -1.73. The second-order valence-electron chi connectivity index (χ2n) is 5.34. The summed E-state index contributed by atoms with van der Waals surface area (Å²) in [5.74, 6) is 0.433. The first-order chi connectivity index (χ1) is 12.2. The topological polar surface area (TPSA) is 92.5 Å². The highest BCUT2D eigenvalue weighted by molar-refractivity contribution is 6.60. The second kappa shape index (κ2) is 7.70. The SMILES string of the molecule is O=Cc1ccc(OCc2ccc(-c3ccccn3)nc2)cc1B(O)O. The molecule has 2 N–H and O–H groups in total. The first-order valence-corrected chi connectivity index (χ1v) is 7.62. The number of pyridine rings is 2. The summed E-state index contributed by atoms with van der Waals surface area (Å²) in [6, 6.07) is 13.9. The lowest BCUT2D eigenvalue weighted by Gasteiger charge is -2.10. The Morgan fingerprint density at radius 2 is 1.88 bits per heavy atom. The molecule has 2 aromatic heterocycles. The number of ether oxygens (including phenoxy) is 1. The van der Waals surface area contributed by atoms with Gasteiger partial charge >= 0.3 is 7.12 Å². The maximum Gasteiger partial charge on any atom is 0.489 e. The van der Waals surface area contributed by atoms with Gasteiger partial charge in [0.1, 0.15) is 18.6 Å². The third-order valence-electron chi connectivity index (χ3n) is 3.62. The highest BCUT2D eigenvalue weighted by atomic mass is 16.5. The van der Waals surface area contributed by atoms with Crippen molar-refractivity contribution in [2.24, 2.45) is 0 Å². The number of aromatic nitrogens is 2. The van der Waals surface area contributed by atoms with Gasteiger partial charge in [0.2, 0.25) is 0 Å². The minimum absolute atomic E-state index is 0.108. The Labute approximate surface area is 144 Å². The monoisotopic (exact) mass is 334 g/mol. The fraction of sp³-hybridized carbons (Fsp3) is 0.0556. The summed E-state index contributed by atoms with van der Waals surface area (Å²) >= 11 is 0. The predicted molar refractivity (Wildman–Crippen MR) is 93.5 cm³/mol. The summed E-state index contributed by atoms with van der Waals surface area (Å²) in [5, 5.41) is 18.6. The first-order valence-electron chi connectivity index (χ1n) is 7.62. The van der Waals surface area contributed by atoms with Crippen LogP contribution >= 0.6 is 0 Å². The van der Waals surface area contributed by atoms with Crippen molar-refractivity contribution < 1.29 is 19.6 Å². The molecular weight excluding hydrogens is 319 g/mol. The fourth-order valence-corrected chi connectivity index (χ4v) is 2.32. The van der Waals surface area contributed by atoms with E-state index in [-0.39, 0.29) is 17.6 Å². The van der Waals surface area contributed by atoms with Gasteiger partial charge in [-0.3, -0.25) is 14.8 Å². The first kappa shape index (κ1) is 16.8. The van der Waals surface area contributed by atoms with Gasteiger partial charge in [-0.2, -0.15) is 0 Å². The lowest BCUT2D eigenvalue weighted by atomic mass is 9.77. The van der Waals surface area contributed by atoms with E-state index in [1.165, 1.54) is 12.1 Å². The maximum absolute atomic E-state index is 10.9. The smallest absolute Gasteiger partial charge is 0.489 e. The van der Waals surface area contributed by atoms with Gasteiger partial charge in [-0.25, -0.2) is 0 Å². The third kappa shape index (κ3) is 4.09. The van der Waals surface area contributed by atoms with E-state index >= 15 is 0 Å². The third-order valence-corrected chi connectivity index (χ3v) is 3.62. The van der Waals surface area contributed by atoms with E-state index in [9.17, 15) is 14.8 Å². The van der Waals surface area contributed by atoms with Gasteiger partial charge in [0.25, 0.3) is 0 Å². The number of rotatable bonds is 6. The highest BCUT2D eigenvalue weighted by Crippen LogP contribution is 2.16. The maximum atomic E-state index is 10.9. The molecule has 0 fully saturated rings. The summed E-state index contributed by atoms with van der Waals surface area (Å²) in [6.07, 6.45) is 3.98. The molecule has 2 heterocycles. The number of aldehydes is 1. The van der Waals surface area contributed by atoms with Crippen LogP contribution in [0.5, 0.6) is 5.75 Å². The van der Waals surface area contributed by atoms with Gasteiger partial charge < -0.3 is 14.8 Å². The van der Waals surface area contributed by atoms with Crippen LogP contribution in [-0.2, 0) is 6.61 Å². The molecule has 0 amide bonds. The van der Waals surface area contributed by atoms with Gasteiger partial charge in [0.05, 0.1) is 11.4 Å². The van der Waals surface area contributed by atoms with Crippen molar-refractivity contribution >= 4 is 18.9 Å². The minimum atomic E-state index is -1.73. The Balaban J connectivity index is 1.70. The average molecular weight is 334 g/mol. The van der Waals surface area contributed by atoms with Crippen LogP contribution in [0.1, 0.15) is 15.9 Å². The average Bonchev–Trinajstić information content (AvgIpc) is 2.67. The van der Waals surface area contributed by atoms with Crippen LogP contribution in [0.25, 0.3) is 11.4 Å². The van der Waals surface area contributed by atoms with Crippen LogP contribution in [0.15, 0.2) is 60.9 Å². The zero-order chi connectivity index (χ0) is 17.6. The van der Waals surface area contributed by atoms with Crippen molar-refractivity contribution in [1.82, 2.24) is 9.97 Å². The summed E-state index contributed by atoms with van der Waals surface area (Å²) in [6.45, 7) is 0.261. The van der Waals surface area contributed by atoms with Crippen molar-refractivity contribution in [1.29, 1.82) is 0 Å². The molecule has 0 bridgehead atoms. The molecule has 7 heteroatoms. The van der Waals surface area contributed by atoms with Gasteiger partial charge in [-0.1, -0.05) is 12.1 Å². The van der Waals surface area contributed by atoms with Gasteiger partial charge in [0.15, 0.2) is 0 Å². The van der Waals surface area contributed by atoms with Crippen LogP contribution in [0.3, 0.4) is 0 Å². The Morgan fingerprint density at radius 3 is 2.52 bits per heavy atom. The van der Waals surface area contributed by atoms with Crippen molar-refractivity contribution in [2.75, 3.05) is 0 Å². The molecule has 0 saturated carbocycles. The molecule has 0 aliphatic carbocycles. The minimum Gasteiger partial charge on any atom is -0.489 e. The Bertz CT molecular complexity index is 855. The predicted octanol–water partition coefficient (Wildman–Crippen LogP) is 1.21. The van der Waals surface area contributed by atoms with Crippen molar-refractivity contribution in [3.63, 3.8) is 0 Å². The van der Waals surface area contributed by atoms with E-state index in [0.29, 0.717) is 12.0 Å². The Kier molecular flexibility index (Phi) is 5.18. The standard InChI is InChI=1S/C18H15BN2O4/c22-11-14-5-6-15(9-16(14)19(23)24)25-12-13-4-7-18(21-10-13)17-3-1-2-8-20-17/h1-11,23-24H,12H2. The quantitative estimate of drug-likeness (QED) is 0.520. The molecule has 3 aromatic rings. The van der Waals surface area contributed by atoms with Crippen molar-refractivity contribution in [3.05, 3.63) is 72.1 Å². The van der Waals surface area contributed by atoms with E-state index < -0.39 is 7.12 Å². The molecule has 6 nitrogen and oxygen atoms in total. The number of hydrogen-bond acceptors (Lipinski definition) is 6. The molecule has 1 aromatic carbocycles. The van der Waals surface area contributed by atoms with E-state index in [1.807, 2.05) is 30.3 Å². The van der Waals surface area contributed by atoms with Crippen LogP contribution in [0, 0.1) is 0 Å². The van der Waals surface area contributed by atoms with E-state index in [4.69, 9.17) is 4.74 Å².